The molecule has 0 bridgehead atoms. The van der Waals surface area contributed by atoms with Crippen molar-refractivity contribution in [3.8, 4) is 0 Å². The summed E-state index contributed by atoms with van der Waals surface area (Å²) < 4.78 is 26.0. The fourth-order valence-electron chi connectivity index (χ4n) is 1.99. The maximum atomic E-state index is 11.6. The van der Waals surface area contributed by atoms with Gasteiger partial charge in [-0.15, -0.1) is 0 Å². The molecule has 14 heavy (non-hydrogen) atoms. The molecule has 0 spiro atoms. The summed E-state index contributed by atoms with van der Waals surface area (Å²) in [6, 6.07) is -0.00775. The topological polar surface area (TPSA) is 72.2 Å². The Balaban J connectivity index is 1.95. The van der Waals surface area contributed by atoms with Gasteiger partial charge < -0.3 is 5.73 Å². The predicted molar refractivity (Wildman–Crippen MR) is 55.3 cm³/mol. The molecule has 3 N–H and O–H groups in total. The number of hydrogen-bond donors (Lipinski definition) is 2. The Morgan fingerprint density at radius 3 is 2.29 bits per heavy atom. The molecule has 2 rings (SSSR count). The zero-order valence-electron chi connectivity index (χ0n) is 8.28. The minimum atomic E-state index is -3.05. The van der Waals surface area contributed by atoms with E-state index in [2.05, 4.69) is 4.72 Å². The Morgan fingerprint density at radius 1 is 1.07 bits per heavy atom. The van der Waals surface area contributed by atoms with Crippen LogP contribution in [0.1, 0.15) is 38.5 Å². The van der Waals surface area contributed by atoms with Crippen molar-refractivity contribution in [1.82, 2.24) is 4.72 Å². The van der Waals surface area contributed by atoms with E-state index in [9.17, 15) is 8.42 Å². The van der Waals surface area contributed by atoms with Gasteiger partial charge in [0.05, 0.1) is 5.25 Å². The molecular formula is C9H18N2O2S. The van der Waals surface area contributed by atoms with Crippen LogP contribution in [0.25, 0.3) is 0 Å². The molecule has 0 aliphatic heterocycles. The van der Waals surface area contributed by atoms with Gasteiger partial charge in [-0.05, 0) is 25.7 Å². The average Bonchev–Trinajstić information content (AvgIpc) is 2.91. The Kier molecular flexibility index (Phi) is 2.81. The summed E-state index contributed by atoms with van der Waals surface area (Å²) >= 11 is 0. The molecule has 2 aliphatic carbocycles. The molecule has 2 fully saturated rings. The summed E-state index contributed by atoms with van der Waals surface area (Å²) in [5, 5.41) is -0.128. The highest BCUT2D eigenvalue weighted by atomic mass is 32.2. The van der Waals surface area contributed by atoms with Gasteiger partial charge in [0, 0.05) is 12.1 Å². The van der Waals surface area contributed by atoms with Gasteiger partial charge >= 0.3 is 0 Å². The van der Waals surface area contributed by atoms with Crippen LogP contribution < -0.4 is 10.5 Å². The van der Waals surface area contributed by atoms with Crippen molar-refractivity contribution in [2.45, 2.75) is 55.9 Å². The first-order valence-electron chi connectivity index (χ1n) is 5.36. The van der Waals surface area contributed by atoms with Crippen molar-refractivity contribution in [3.05, 3.63) is 0 Å². The van der Waals surface area contributed by atoms with Gasteiger partial charge in [-0.25, -0.2) is 13.1 Å². The normalized spacial score (nSPS) is 34.4. The van der Waals surface area contributed by atoms with E-state index in [0.717, 1.165) is 38.5 Å². The maximum Gasteiger partial charge on any atom is 0.214 e. The zero-order chi connectivity index (χ0) is 10.2. The van der Waals surface area contributed by atoms with Gasteiger partial charge in [-0.1, -0.05) is 12.8 Å². The fourth-order valence-corrected chi connectivity index (χ4v) is 3.66. The lowest BCUT2D eigenvalue weighted by molar-refractivity contribution is 0.361. The van der Waals surface area contributed by atoms with Crippen LogP contribution in [0.15, 0.2) is 0 Å². The SMILES string of the molecule is N[C@@H]1CCCC[C@H]1NS(=O)(=O)C1CC1. The lowest BCUT2D eigenvalue weighted by Crippen LogP contribution is -2.50. The van der Waals surface area contributed by atoms with Crippen molar-refractivity contribution in [3.63, 3.8) is 0 Å². The van der Waals surface area contributed by atoms with E-state index < -0.39 is 10.0 Å². The standard InChI is InChI=1S/C9H18N2O2S/c10-8-3-1-2-4-9(8)11-14(12,13)7-5-6-7/h7-9,11H,1-6,10H2/t8-,9-/m1/s1. The minimum absolute atomic E-state index is 0.0114. The molecular weight excluding hydrogens is 200 g/mol. The van der Waals surface area contributed by atoms with Gasteiger partial charge in [0.25, 0.3) is 0 Å². The Morgan fingerprint density at radius 2 is 1.71 bits per heavy atom. The van der Waals surface area contributed by atoms with E-state index in [4.69, 9.17) is 5.73 Å². The summed E-state index contributed by atoms with van der Waals surface area (Å²) in [4.78, 5) is 0. The lowest BCUT2D eigenvalue weighted by atomic mass is 9.92. The van der Waals surface area contributed by atoms with Crippen molar-refractivity contribution < 1.29 is 8.42 Å². The molecule has 0 heterocycles. The lowest BCUT2D eigenvalue weighted by Gasteiger charge is -2.28. The molecule has 0 aromatic rings. The van der Waals surface area contributed by atoms with Crippen LogP contribution in [0.3, 0.4) is 0 Å². The summed E-state index contributed by atoms with van der Waals surface area (Å²) in [6.07, 6.45) is 5.69. The fraction of sp³-hybridized carbons (Fsp3) is 1.00. The maximum absolute atomic E-state index is 11.6. The molecule has 0 unspecified atom stereocenters. The second-order valence-electron chi connectivity index (χ2n) is 4.42. The van der Waals surface area contributed by atoms with Gasteiger partial charge in [-0.3, -0.25) is 0 Å². The number of sulfonamides is 1. The molecule has 0 aromatic carbocycles. The molecule has 82 valence electrons. The third-order valence-electron chi connectivity index (χ3n) is 3.10. The minimum Gasteiger partial charge on any atom is -0.326 e. The first kappa shape index (κ1) is 10.4. The Bertz CT molecular complexity index is 298. The van der Waals surface area contributed by atoms with Gasteiger partial charge in [0.15, 0.2) is 0 Å². The van der Waals surface area contributed by atoms with Crippen LogP contribution >= 0.6 is 0 Å². The summed E-state index contributed by atoms with van der Waals surface area (Å²) in [5.41, 5.74) is 5.88. The number of nitrogens with two attached hydrogens (primary N) is 1. The van der Waals surface area contributed by atoms with Gasteiger partial charge in [0.2, 0.25) is 10.0 Å². The monoisotopic (exact) mass is 218 g/mol. The van der Waals surface area contributed by atoms with E-state index in [0.29, 0.717) is 0 Å². The molecule has 0 amide bonds. The third kappa shape index (κ3) is 2.27. The van der Waals surface area contributed by atoms with E-state index in [1.165, 1.54) is 0 Å². The van der Waals surface area contributed by atoms with Crippen LogP contribution in [0.4, 0.5) is 0 Å². The van der Waals surface area contributed by atoms with E-state index in [-0.39, 0.29) is 17.3 Å². The summed E-state index contributed by atoms with van der Waals surface area (Å²) in [6.45, 7) is 0. The van der Waals surface area contributed by atoms with Crippen LogP contribution in [0, 0.1) is 0 Å². The van der Waals surface area contributed by atoms with E-state index in [1.807, 2.05) is 0 Å². The zero-order valence-corrected chi connectivity index (χ0v) is 9.09. The second-order valence-corrected chi connectivity index (χ2v) is 6.41. The van der Waals surface area contributed by atoms with Crippen molar-refractivity contribution in [1.29, 1.82) is 0 Å². The highest BCUT2D eigenvalue weighted by Crippen LogP contribution is 2.28. The first-order valence-corrected chi connectivity index (χ1v) is 6.91. The summed E-state index contributed by atoms with van der Waals surface area (Å²) in [5.74, 6) is 0. The predicted octanol–water partition coefficient (Wildman–Crippen LogP) is 0.338. The number of rotatable bonds is 3. The van der Waals surface area contributed by atoms with Crippen LogP contribution in [-0.4, -0.2) is 25.8 Å². The molecule has 5 heteroatoms. The highest BCUT2D eigenvalue weighted by Gasteiger charge is 2.38. The quantitative estimate of drug-likeness (QED) is 0.717. The van der Waals surface area contributed by atoms with E-state index >= 15 is 0 Å². The first-order chi connectivity index (χ1) is 6.59. The van der Waals surface area contributed by atoms with Crippen molar-refractivity contribution >= 4 is 10.0 Å². The molecule has 2 saturated carbocycles. The van der Waals surface area contributed by atoms with E-state index in [1.54, 1.807) is 0 Å². The molecule has 4 nitrogen and oxygen atoms in total. The highest BCUT2D eigenvalue weighted by molar-refractivity contribution is 7.90. The van der Waals surface area contributed by atoms with Crippen molar-refractivity contribution in [2.24, 2.45) is 5.73 Å². The largest absolute Gasteiger partial charge is 0.326 e. The number of hydrogen-bond acceptors (Lipinski definition) is 3. The Labute approximate surface area is 85.3 Å². The molecule has 2 aliphatic rings. The van der Waals surface area contributed by atoms with Crippen LogP contribution in [-0.2, 0) is 10.0 Å². The number of nitrogens with one attached hydrogen (secondary N) is 1. The molecule has 0 aromatic heterocycles. The van der Waals surface area contributed by atoms with Crippen molar-refractivity contribution in [2.75, 3.05) is 0 Å². The summed E-state index contributed by atoms with van der Waals surface area (Å²) in [7, 11) is -3.05. The van der Waals surface area contributed by atoms with Crippen LogP contribution in [0.2, 0.25) is 0 Å². The molecule has 2 atom stereocenters. The second kappa shape index (κ2) is 3.79. The average molecular weight is 218 g/mol. The third-order valence-corrected chi connectivity index (χ3v) is 5.08. The molecule has 0 saturated heterocycles. The van der Waals surface area contributed by atoms with Crippen LogP contribution in [0.5, 0.6) is 0 Å². The smallest absolute Gasteiger partial charge is 0.214 e. The van der Waals surface area contributed by atoms with Gasteiger partial charge in [-0.2, -0.15) is 0 Å². The Hall–Kier alpha value is -0.130. The van der Waals surface area contributed by atoms with Gasteiger partial charge in [0.1, 0.15) is 0 Å². The molecule has 0 radical (unpaired) electrons.